The van der Waals surface area contributed by atoms with Crippen molar-refractivity contribution >= 4 is 5.97 Å². The Kier molecular flexibility index (Phi) is 4.89. The van der Waals surface area contributed by atoms with Crippen LogP contribution >= 0.6 is 0 Å². The fourth-order valence-electron chi connectivity index (χ4n) is 2.95. The van der Waals surface area contributed by atoms with Crippen LogP contribution in [0.2, 0.25) is 0 Å². The molecule has 2 aromatic rings. The van der Waals surface area contributed by atoms with E-state index in [1.54, 1.807) is 25.1 Å². The van der Waals surface area contributed by atoms with Gasteiger partial charge in [0.25, 0.3) is 6.43 Å². The van der Waals surface area contributed by atoms with Crippen molar-refractivity contribution < 1.29 is 18.3 Å². The lowest BCUT2D eigenvalue weighted by molar-refractivity contribution is 0.0511. The minimum absolute atomic E-state index is 0.0427. The highest BCUT2D eigenvalue weighted by Crippen LogP contribution is 2.25. The quantitative estimate of drug-likeness (QED) is 0.854. The summed E-state index contributed by atoms with van der Waals surface area (Å²) in [6.07, 6.45) is -1.87. The smallest absolute Gasteiger partial charge is 0.356 e. The molecule has 0 unspecified atom stereocenters. The molecule has 1 aromatic heterocycles. The number of ether oxygens (including phenoxy) is 1. The number of nitrogens with one attached hydrogen (secondary N) is 1. The third kappa shape index (κ3) is 3.17. The second-order valence-corrected chi connectivity index (χ2v) is 5.58. The summed E-state index contributed by atoms with van der Waals surface area (Å²) in [4.78, 5) is 12.3. The molecule has 0 fully saturated rings. The molecular formula is C17H19F2N3O2. The summed E-state index contributed by atoms with van der Waals surface area (Å²) in [5.41, 5.74) is 2.38. The van der Waals surface area contributed by atoms with Gasteiger partial charge in [0.15, 0.2) is 5.69 Å². The van der Waals surface area contributed by atoms with E-state index in [9.17, 15) is 13.6 Å². The van der Waals surface area contributed by atoms with Gasteiger partial charge in [-0.25, -0.2) is 13.6 Å². The zero-order chi connectivity index (χ0) is 17.1. The van der Waals surface area contributed by atoms with E-state index in [4.69, 9.17) is 4.74 Å². The maximum Gasteiger partial charge on any atom is 0.356 e. The third-order valence-electron chi connectivity index (χ3n) is 4.05. The Labute approximate surface area is 138 Å². The molecule has 5 nitrogen and oxygen atoms in total. The number of esters is 1. The molecule has 1 aromatic carbocycles. The Morgan fingerprint density at radius 3 is 2.96 bits per heavy atom. The fourth-order valence-corrected chi connectivity index (χ4v) is 2.95. The Morgan fingerprint density at radius 1 is 1.42 bits per heavy atom. The SMILES string of the molecule is CCOC(=O)c1c2c(nn1Cc1ccccc1C(F)F)CCNC2. The van der Waals surface area contributed by atoms with Gasteiger partial charge in [0.1, 0.15) is 0 Å². The highest BCUT2D eigenvalue weighted by atomic mass is 19.3. The maximum atomic E-state index is 13.2. The molecule has 1 aliphatic heterocycles. The standard InChI is InChI=1S/C17H19F2N3O2/c1-2-24-17(23)15-13-9-20-8-7-14(13)21-22(15)10-11-5-3-4-6-12(11)16(18)19/h3-6,16,20H,2,7-10H2,1H3. The first-order valence-electron chi connectivity index (χ1n) is 7.94. The van der Waals surface area contributed by atoms with E-state index in [2.05, 4.69) is 10.4 Å². The molecule has 0 atom stereocenters. The zero-order valence-electron chi connectivity index (χ0n) is 13.4. The van der Waals surface area contributed by atoms with Gasteiger partial charge in [-0.3, -0.25) is 4.68 Å². The number of hydrogen-bond acceptors (Lipinski definition) is 4. The molecule has 2 heterocycles. The minimum Gasteiger partial charge on any atom is -0.461 e. The minimum atomic E-state index is -2.57. The van der Waals surface area contributed by atoms with Crippen LogP contribution in [0.3, 0.4) is 0 Å². The van der Waals surface area contributed by atoms with Crippen molar-refractivity contribution in [1.82, 2.24) is 15.1 Å². The molecule has 128 valence electrons. The van der Waals surface area contributed by atoms with Gasteiger partial charge in [0.2, 0.25) is 0 Å². The molecule has 1 aliphatic rings. The number of benzene rings is 1. The van der Waals surface area contributed by atoms with Crippen molar-refractivity contribution in [3.05, 3.63) is 52.3 Å². The van der Waals surface area contributed by atoms with Gasteiger partial charge >= 0.3 is 5.97 Å². The Balaban J connectivity index is 2.02. The molecule has 0 bridgehead atoms. The summed E-state index contributed by atoms with van der Waals surface area (Å²) >= 11 is 0. The number of hydrogen-bond donors (Lipinski definition) is 1. The van der Waals surface area contributed by atoms with E-state index in [-0.39, 0.29) is 18.7 Å². The second kappa shape index (κ2) is 7.09. The maximum absolute atomic E-state index is 13.2. The molecule has 0 radical (unpaired) electrons. The number of halogens is 2. The molecule has 0 saturated heterocycles. The van der Waals surface area contributed by atoms with Crippen LogP contribution in [-0.2, 0) is 24.2 Å². The number of carbonyl (C=O) groups is 1. The first-order valence-corrected chi connectivity index (χ1v) is 7.94. The lowest BCUT2D eigenvalue weighted by atomic mass is 10.1. The monoisotopic (exact) mass is 335 g/mol. The van der Waals surface area contributed by atoms with E-state index in [0.29, 0.717) is 24.2 Å². The van der Waals surface area contributed by atoms with E-state index in [0.717, 1.165) is 17.8 Å². The van der Waals surface area contributed by atoms with Gasteiger partial charge in [0.05, 0.1) is 18.8 Å². The highest BCUT2D eigenvalue weighted by molar-refractivity contribution is 5.89. The summed E-state index contributed by atoms with van der Waals surface area (Å²) in [7, 11) is 0. The molecule has 1 N–H and O–H groups in total. The highest BCUT2D eigenvalue weighted by Gasteiger charge is 2.26. The van der Waals surface area contributed by atoms with E-state index in [1.165, 1.54) is 10.7 Å². The molecule has 3 rings (SSSR count). The molecule has 24 heavy (non-hydrogen) atoms. The number of fused-ring (bicyclic) bond motifs is 1. The first-order chi connectivity index (χ1) is 11.6. The molecule has 0 aliphatic carbocycles. The predicted molar refractivity (Wildman–Crippen MR) is 84.1 cm³/mol. The van der Waals surface area contributed by atoms with Crippen LogP contribution in [0.1, 0.15) is 46.2 Å². The number of alkyl halides is 2. The molecule has 0 spiro atoms. The zero-order valence-corrected chi connectivity index (χ0v) is 13.4. The Hall–Kier alpha value is -2.28. The number of nitrogens with zero attached hydrogens (tertiary/aromatic N) is 2. The largest absolute Gasteiger partial charge is 0.461 e. The number of carbonyl (C=O) groups excluding carboxylic acids is 1. The van der Waals surface area contributed by atoms with Crippen molar-refractivity contribution in [2.75, 3.05) is 13.2 Å². The van der Waals surface area contributed by atoms with E-state index >= 15 is 0 Å². The summed E-state index contributed by atoms with van der Waals surface area (Å²) in [5, 5.41) is 7.68. The van der Waals surface area contributed by atoms with E-state index in [1.807, 2.05) is 0 Å². The van der Waals surface area contributed by atoms with Crippen LogP contribution in [0.4, 0.5) is 8.78 Å². The van der Waals surface area contributed by atoms with Crippen LogP contribution in [-0.4, -0.2) is 28.9 Å². The lowest BCUT2D eigenvalue weighted by Gasteiger charge is -2.13. The van der Waals surface area contributed by atoms with Gasteiger partial charge in [-0.05, 0) is 12.5 Å². The van der Waals surface area contributed by atoms with Crippen molar-refractivity contribution in [3.8, 4) is 0 Å². The van der Waals surface area contributed by atoms with Crippen molar-refractivity contribution in [1.29, 1.82) is 0 Å². The number of rotatable bonds is 5. The molecule has 0 saturated carbocycles. The topological polar surface area (TPSA) is 56.1 Å². The van der Waals surface area contributed by atoms with Crippen molar-refractivity contribution in [3.63, 3.8) is 0 Å². The van der Waals surface area contributed by atoms with Crippen LogP contribution in [0.25, 0.3) is 0 Å². The average Bonchev–Trinajstić information content (AvgIpc) is 2.93. The van der Waals surface area contributed by atoms with Crippen molar-refractivity contribution in [2.24, 2.45) is 0 Å². The fraction of sp³-hybridized carbons (Fsp3) is 0.412. The van der Waals surface area contributed by atoms with Gasteiger partial charge < -0.3 is 10.1 Å². The van der Waals surface area contributed by atoms with Crippen LogP contribution in [0, 0.1) is 0 Å². The Bertz CT molecular complexity index is 743. The second-order valence-electron chi connectivity index (χ2n) is 5.58. The lowest BCUT2D eigenvalue weighted by Crippen LogP contribution is -2.25. The van der Waals surface area contributed by atoms with Crippen LogP contribution < -0.4 is 5.32 Å². The summed E-state index contributed by atoms with van der Waals surface area (Å²) in [5.74, 6) is -0.468. The summed E-state index contributed by atoms with van der Waals surface area (Å²) < 4.78 is 33.0. The number of aromatic nitrogens is 2. The van der Waals surface area contributed by atoms with Gasteiger partial charge in [-0.2, -0.15) is 5.10 Å². The molecule has 0 amide bonds. The van der Waals surface area contributed by atoms with Crippen molar-refractivity contribution in [2.45, 2.75) is 32.9 Å². The first kappa shape index (κ1) is 16.6. The Morgan fingerprint density at radius 2 is 2.21 bits per heavy atom. The average molecular weight is 335 g/mol. The van der Waals surface area contributed by atoms with Gasteiger partial charge in [0, 0.05) is 30.6 Å². The summed E-state index contributed by atoms with van der Waals surface area (Å²) in [6.45, 7) is 3.40. The third-order valence-corrected chi connectivity index (χ3v) is 4.05. The predicted octanol–water partition coefficient (Wildman–Crippen LogP) is 2.69. The molecular weight excluding hydrogens is 316 g/mol. The normalized spacial score (nSPS) is 13.8. The van der Waals surface area contributed by atoms with Crippen LogP contribution in [0.15, 0.2) is 24.3 Å². The summed E-state index contributed by atoms with van der Waals surface area (Å²) in [6, 6.07) is 6.32. The molecule has 7 heteroatoms. The van der Waals surface area contributed by atoms with Gasteiger partial charge in [-0.1, -0.05) is 24.3 Å². The van der Waals surface area contributed by atoms with Gasteiger partial charge in [-0.15, -0.1) is 0 Å². The van der Waals surface area contributed by atoms with Crippen LogP contribution in [0.5, 0.6) is 0 Å². The van der Waals surface area contributed by atoms with E-state index < -0.39 is 12.4 Å².